The molecule has 0 N–H and O–H groups in total. The van der Waals surface area contributed by atoms with E-state index in [-0.39, 0.29) is 12.3 Å². The molecule has 0 bridgehead atoms. The molecule has 2 aromatic carbocycles. The molecule has 0 aromatic heterocycles. The minimum absolute atomic E-state index is 0.0587. The third-order valence-corrected chi connectivity index (χ3v) is 5.29. The van der Waals surface area contributed by atoms with Crippen molar-refractivity contribution < 1.29 is 4.74 Å². The number of benzene rings is 2. The van der Waals surface area contributed by atoms with Crippen molar-refractivity contribution in [2.45, 2.75) is 32.5 Å². The quantitative estimate of drug-likeness (QED) is 0.647. The van der Waals surface area contributed by atoms with Gasteiger partial charge < -0.3 is 4.74 Å². The highest BCUT2D eigenvalue weighted by atomic mass is 79.9. The lowest BCUT2D eigenvalue weighted by Crippen LogP contribution is -2.43. The number of hydrogen-bond acceptors (Lipinski definition) is 3. The van der Waals surface area contributed by atoms with Crippen molar-refractivity contribution in [1.82, 2.24) is 5.01 Å². The van der Waals surface area contributed by atoms with Crippen LogP contribution in [0.5, 0.6) is 5.75 Å². The van der Waals surface area contributed by atoms with Gasteiger partial charge in [-0.05, 0) is 35.9 Å². The second-order valence-corrected chi connectivity index (χ2v) is 7.94. The van der Waals surface area contributed by atoms with Crippen molar-refractivity contribution in [3.8, 4) is 5.75 Å². The first-order valence-electron chi connectivity index (χ1n) is 8.11. The number of hydrogen-bond donors (Lipinski definition) is 0. The summed E-state index contributed by atoms with van der Waals surface area (Å²) in [4.78, 5) is 0. The Balaban J connectivity index is 1.75. The van der Waals surface area contributed by atoms with E-state index < -0.39 is 0 Å². The second-order valence-electron chi connectivity index (χ2n) is 6.59. The summed E-state index contributed by atoms with van der Waals surface area (Å²) in [6.07, 6.45) is 0.804. The summed E-state index contributed by atoms with van der Waals surface area (Å²) in [6.45, 7) is 4.32. The van der Waals surface area contributed by atoms with Crippen LogP contribution >= 0.6 is 27.5 Å². The first kappa shape index (κ1) is 16.0. The molecule has 4 rings (SSSR count). The summed E-state index contributed by atoms with van der Waals surface area (Å²) in [6, 6.07) is 14.4. The van der Waals surface area contributed by atoms with Gasteiger partial charge in [-0.2, -0.15) is 5.10 Å². The maximum absolute atomic E-state index is 6.22. The normalized spacial score (nSPS) is 22.0. The summed E-state index contributed by atoms with van der Waals surface area (Å²) in [5, 5.41) is 7.75. The number of ether oxygens (including phenoxy) is 1. The second kappa shape index (κ2) is 6.08. The van der Waals surface area contributed by atoms with E-state index in [1.165, 1.54) is 0 Å². The van der Waals surface area contributed by atoms with Crippen molar-refractivity contribution in [1.29, 1.82) is 0 Å². The Kier molecular flexibility index (Phi) is 4.05. The van der Waals surface area contributed by atoms with Crippen molar-refractivity contribution >= 4 is 33.2 Å². The van der Waals surface area contributed by atoms with Crippen molar-refractivity contribution in [2.24, 2.45) is 11.0 Å². The molecule has 124 valence electrons. The molecule has 5 heteroatoms. The summed E-state index contributed by atoms with van der Waals surface area (Å²) in [5.41, 5.74) is 3.36. The van der Waals surface area contributed by atoms with Gasteiger partial charge in [-0.15, -0.1) is 0 Å². The standard InChI is InChI=1S/C19H18BrClN2O/c1-11(2)19-23-17(15-9-14(21)7-8-18(15)24-19)10-16(22-23)12-3-5-13(20)6-4-12/h3-9,11,17,19H,10H2,1-2H3/t17-,19-/m0/s1. The van der Waals surface area contributed by atoms with Crippen LogP contribution < -0.4 is 4.74 Å². The van der Waals surface area contributed by atoms with Gasteiger partial charge in [0.05, 0.1) is 11.8 Å². The fraction of sp³-hybridized carbons (Fsp3) is 0.316. The monoisotopic (exact) mass is 404 g/mol. The predicted octanol–water partition coefficient (Wildman–Crippen LogP) is 5.63. The minimum atomic E-state index is -0.0587. The van der Waals surface area contributed by atoms with Crippen molar-refractivity contribution in [3.05, 3.63) is 63.1 Å². The van der Waals surface area contributed by atoms with Crippen molar-refractivity contribution in [2.75, 3.05) is 0 Å². The van der Waals surface area contributed by atoms with Gasteiger partial charge in [0.15, 0.2) is 6.23 Å². The highest BCUT2D eigenvalue weighted by Gasteiger charge is 2.41. The zero-order chi connectivity index (χ0) is 16.8. The molecule has 0 fully saturated rings. The van der Waals surface area contributed by atoms with Crippen LogP contribution in [0.25, 0.3) is 0 Å². The fourth-order valence-electron chi connectivity index (χ4n) is 3.34. The van der Waals surface area contributed by atoms with Gasteiger partial charge in [0, 0.05) is 27.4 Å². The fourth-order valence-corrected chi connectivity index (χ4v) is 3.79. The number of rotatable bonds is 2. The number of nitrogens with zero attached hydrogens (tertiary/aromatic N) is 2. The van der Waals surface area contributed by atoms with Crippen LogP contribution in [-0.2, 0) is 0 Å². The average Bonchev–Trinajstić information content (AvgIpc) is 3.00. The zero-order valence-corrected chi connectivity index (χ0v) is 15.9. The summed E-state index contributed by atoms with van der Waals surface area (Å²) < 4.78 is 7.29. The van der Waals surface area contributed by atoms with Crippen LogP contribution in [0.2, 0.25) is 5.02 Å². The van der Waals surface area contributed by atoms with E-state index in [9.17, 15) is 0 Å². The smallest absolute Gasteiger partial charge is 0.190 e. The Hall–Kier alpha value is -1.52. The third kappa shape index (κ3) is 2.72. The first-order valence-corrected chi connectivity index (χ1v) is 9.28. The lowest BCUT2D eigenvalue weighted by Gasteiger charge is -2.40. The molecule has 2 atom stereocenters. The van der Waals surface area contributed by atoms with E-state index in [1.54, 1.807) is 0 Å². The predicted molar refractivity (Wildman–Crippen MR) is 101 cm³/mol. The largest absolute Gasteiger partial charge is 0.468 e. The first-order chi connectivity index (χ1) is 11.5. The lowest BCUT2D eigenvalue weighted by molar-refractivity contribution is -0.0461. The molecule has 0 radical (unpaired) electrons. The molecular formula is C19H18BrClN2O. The highest BCUT2D eigenvalue weighted by molar-refractivity contribution is 9.10. The van der Waals surface area contributed by atoms with Gasteiger partial charge >= 0.3 is 0 Å². The van der Waals surface area contributed by atoms with E-state index in [0.29, 0.717) is 5.92 Å². The lowest BCUT2D eigenvalue weighted by atomic mass is 9.95. The van der Waals surface area contributed by atoms with E-state index in [0.717, 1.165) is 38.5 Å². The van der Waals surface area contributed by atoms with Crippen LogP contribution in [0.3, 0.4) is 0 Å². The van der Waals surface area contributed by atoms with Gasteiger partial charge in [-0.1, -0.05) is 53.5 Å². The Morgan fingerprint density at radius 3 is 2.67 bits per heavy atom. The van der Waals surface area contributed by atoms with Gasteiger partial charge in [0.2, 0.25) is 0 Å². The molecule has 0 spiro atoms. The maximum atomic E-state index is 6.22. The van der Waals surface area contributed by atoms with Gasteiger partial charge in [0.1, 0.15) is 5.75 Å². The zero-order valence-electron chi connectivity index (χ0n) is 13.5. The van der Waals surface area contributed by atoms with E-state index in [1.807, 2.05) is 18.2 Å². The highest BCUT2D eigenvalue weighted by Crippen LogP contribution is 2.45. The third-order valence-electron chi connectivity index (χ3n) is 4.53. The minimum Gasteiger partial charge on any atom is -0.468 e. The Morgan fingerprint density at radius 2 is 1.96 bits per heavy atom. The molecule has 2 heterocycles. The number of halogens is 2. The van der Waals surface area contributed by atoms with Crippen LogP contribution in [0.4, 0.5) is 0 Å². The maximum Gasteiger partial charge on any atom is 0.190 e. The molecule has 2 aliphatic rings. The summed E-state index contributed by atoms with van der Waals surface area (Å²) in [5.74, 6) is 1.26. The van der Waals surface area contributed by atoms with Gasteiger partial charge in [-0.25, -0.2) is 5.01 Å². The molecule has 0 unspecified atom stereocenters. The summed E-state index contributed by atoms with van der Waals surface area (Å²) in [7, 11) is 0. The molecule has 3 nitrogen and oxygen atoms in total. The van der Waals surface area contributed by atoms with Gasteiger partial charge in [0.25, 0.3) is 0 Å². The molecule has 2 aromatic rings. The number of hydrazone groups is 1. The molecular weight excluding hydrogens is 388 g/mol. The average molecular weight is 406 g/mol. The number of fused-ring (bicyclic) bond motifs is 3. The van der Waals surface area contributed by atoms with Crippen molar-refractivity contribution in [3.63, 3.8) is 0 Å². The molecule has 24 heavy (non-hydrogen) atoms. The molecule has 2 aliphatic heterocycles. The van der Waals surface area contributed by atoms with Gasteiger partial charge in [-0.3, -0.25) is 0 Å². The topological polar surface area (TPSA) is 24.8 Å². The molecule has 0 aliphatic carbocycles. The molecule has 0 saturated carbocycles. The van der Waals surface area contributed by atoms with E-state index >= 15 is 0 Å². The Morgan fingerprint density at radius 1 is 1.21 bits per heavy atom. The Labute approximate surface area is 155 Å². The van der Waals surface area contributed by atoms with Crippen LogP contribution in [0.15, 0.2) is 52.0 Å². The SMILES string of the molecule is CC(C)[C@@H]1Oc2ccc(Cl)cc2[C@@H]2CC(c3ccc(Br)cc3)=NN21. The van der Waals surface area contributed by atoms with E-state index in [2.05, 4.69) is 59.1 Å². The van der Waals surface area contributed by atoms with Crippen LogP contribution in [0, 0.1) is 5.92 Å². The van der Waals surface area contributed by atoms with Crippen LogP contribution in [-0.4, -0.2) is 16.9 Å². The summed E-state index contributed by atoms with van der Waals surface area (Å²) >= 11 is 9.71. The molecule has 0 saturated heterocycles. The van der Waals surface area contributed by atoms with E-state index in [4.69, 9.17) is 21.4 Å². The molecule has 0 amide bonds. The Bertz CT molecular complexity index is 804. The van der Waals surface area contributed by atoms with Crippen LogP contribution in [0.1, 0.15) is 37.4 Å².